The molecule has 2 aromatic rings. The quantitative estimate of drug-likeness (QED) is 0.861. The highest BCUT2D eigenvalue weighted by Crippen LogP contribution is 2.29. The third kappa shape index (κ3) is 2.80. The Morgan fingerprint density at radius 1 is 1.00 bits per heavy atom. The van der Waals surface area contributed by atoms with Crippen LogP contribution in [-0.4, -0.2) is 5.11 Å². The van der Waals surface area contributed by atoms with Crippen LogP contribution in [-0.2, 0) is 12.0 Å². The van der Waals surface area contributed by atoms with Gasteiger partial charge in [0.25, 0.3) is 0 Å². The summed E-state index contributed by atoms with van der Waals surface area (Å²) in [6.45, 7) is 4.11. The Kier molecular flexibility index (Phi) is 3.83. The lowest BCUT2D eigenvalue weighted by molar-refractivity contribution is 0.0327. The highest BCUT2D eigenvalue weighted by Gasteiger charge is 2.27. The lowest BCUT2D eigenvalue weighted by Crippen LogP contribution is -2.27. The van der Waals surface area contributed by atoms with Crippen molar-refractivity contribution in [2.24, 2.45) is 0 Å². The molecule has 0 fully saturated rings. The van der Waals surface area contributed by atoms with Crippen molar-refractivity contribution in [2.45, 2.75) is 32.3 Å². The van der Waals surface area contributed by atoms with Gasteiger partial charge in [-0.05, 0) is 24.5 Å². The number of hydrogen-bond donors (Lipinski definition) is 1. The normalized spacial score (nSPS) is 14.2. The number of hydrogen-bond acceptors (Lipinski definition) is 1. The van der Waals surface area contributed by atoms with E-state index in [2.05, 4.69) is 25.1 Å². The average Bonchev–Trinajstić information content (AvgIpc) is 2.39. The molecule has 1 atom stereocenters. The molecule has 1 nitrogen and oxygen atoms in total. The lowest BCUT2D eigenvalue weighted by atomic mass is 9.85. The molecule has 94 valence electrons. The highest BCUT2D eigenvalue weighted by atomic mass is 16.3. The first-order chi connectivity index (χ1) is 8.64. The molecule has 18 heavy (non-hydrogen) atoms. The van der Waals surface area contributed by atoms with Crippen molar-refractivity contribution in [3.8, 4) is 0 Å². The van der Waals surface area contributed by atoms with E-state index in [1.807, 2.05) is 43.3 Å². The zero-order valence-corrected chi connectivity index (χ0v) is 11.1. The van der Waals surface area contributed by atoms with Crippen molar-refractivity contribution in [3.05, 3.63) is 71.3 Å². The number of aliphatic hydroxyl groups is 1. The van der Waals surface area contributed by atoms with Crippen LogP contribution in [0.2, 0.25) is 0 Å². The molecule has 0 aliphatic heterocycles. The first-order valence-electron chi connectivity index (χ1n) is 6.47. The third-order valence-corrected chi connectivity index (χ3v) is 3.48. The van der Waals surface area contributed by atoms with Gasteiger partial charge in [-0.2, -0.15) is 0 Å². The molecule has 1 N–H and O–H groups in total. The van der Waals surface area contributed by atoms with Crippen molar-refractivity contribution in [2.75, 3.05) is 0 Å². The van der Waals surface area contributed by atoms with Gasteiger partial charge in [0.05, 0.1) is 5.60 Å². The Morgan fingerprint density at radius 3 is 2.33 bits per heavy atom. The lowest BCUT2D eigenvalue weighted by Gasteiger charge is -2.27. The summed E-state index contributed by atoms with van der Waals surface area (Å²) in [5.41, 5.74) is 2.64. The van der Waals surface area contributed by atoms with Crippen LogP contribution in [0.25, 0.3) is 0 Å². The van der Waals surface area contributed by atoms with E-state index >= 15 is 0 Å². The van der Waals surface area contributed by atoms with E-state index in [0.717, 1.165) is 5.56 Å². The second kappa shape index (κ2) is 5.36. The molecule has 0 bridgehead atoms. The first-order valence-corrected chi connectivity index (χ1v) is 6.47. The van der Waals surface area contributed by atoms with Crippen molar-refractivity contribution in [3.63, 3.8) is 0 Å². The van der Waals surface area contributed by atoms with Crippen LogP contribution < -0.4 is 0 Å². The summed E-state index contributed by atoms with van der Waals surface area (Å²) in [6, 6.07) is 18.3. The Balaban J connectivity index is 2.29. The van der Waals surface area contributed by atoms with Crippen LogP contribution in [0.5, 0.6) is 0 Å². The second-order valence-corrected chi connectivity index (χ2v) is 4.92. The van der Waals surface area contributed by atoms with E-state index in [0.29, 0.717) is 12.8 Å². The van der Waals surface area contributed by atoms with Crippen molar-refractivity contribution < 1.29 is 5.11 Å². The predicted octanol–water partition coefficient (Wildman–Crippen LogP) is 3.84. The fourth-order valence-corrected chi connectivity index (χ4v) is 2.34. The Morgan fingerprint density at radius 2 is 1.72 bits per heavy atom. The summed E-state index contributed by atoms with van der Waals surface area (Å²) >= 11 is 0. The van der Waals surface area contributed by atoms with E-state index in [1.54, 1.807) is 0 Å². The topological polar surface area (TPSA) is 20.2 Å². The van der Waals surface area contributed by atoms with E-state index in [9.17, 15) is 5.11 Å². The number of benzene rings is 2. The maximum Gasteiger partial charge on any atom is 0.0934 e. The van der Waals surface area contributed by atoms with Crippen molar-refractivity contribution in [1.82, 2.24) is 0 Å². The monoisotopic (exact) mass is 240 g/mol. The Hall–Kier alpha value is -1.60. The zero-order chi connectivity index (χ0) is 13.0. The van der Waals surface area contributed by atoms with Crippen LogP contribution in [0, 0.1) is 6.92 Å². The van der Waals surface area contributed by atoms with Crippen LogP contribution in [0.15, 0.2) is 54.6 Å². The second-order valence-electron chi connectivity index (χ2n) is 4.92. The Labute approximate surface area is 109 Å². The molecule has 0 radical (unpaired) electrons. The van der Waals surface area contributed by atoms with E-state index in [4.69, 9.17) is 0 Å². The molecular weight excluding hydrogens is 220 g/mol. The van der Waals surface area contributed by atoms with Crippen molar-refractivity contribution in [1.29, 1.82) is 0 Å². The molecule has 0 saturated carbocycles. The van der Waals surface area contributed by atoms with Crippen LogP contribution in [0.1, 0.15) is 30.0 Å². The smallest absolute Gasteiger partial charge is 0.0934 e. The molecule has 1 heteroatoms. The Bertz CT molecular complexity index is 504. The van der Waals surface area contributed by atoms with Gasteiger partial charge in [-0.15, -0.1) is 0 Å². The fraction of sp³-hybridized carbons (Fsp3) is 0.294. The van der Waals surface area contributed by atoms with Gasteiger partial charge in [0.2, 0.25) is 0 Å². The van der Waals surface area contributed by atoms with Gasteiger partial charge in [-0.25, -0.2) is 0 Å². The minimum Gasteiger partial charge on any atom is -0.385 e. The largest absolute Gasteiger partial charge is 0.385 e. The SMILES string of the molecule is CCC(O)(Cc1cccc(C)c1)c1ccccc1. The molecular formula is C17H20O. The molecule has 0 spiro atoms. The highest BCUT2D eigenvalue weighted by molar-refractivity contribution is 5.28. The molecule has 0 heterocycles. The standard InChI is InChI=1S/C17H20O/c1-3-17(18,16-10-5-4-6-11-16)13-15-9-7-8-14(2)12-15/h4-12,18H,3,13H2,1-2H3. The van der Waals surface area contributed by atoms with E-state index < -0.39 is 5.60 Å². The average molecular weight is 240 g/mol. The number of aryl methyl sites for hydroxylation is 1. The first kappa shape index (κ1) is 12.8. The van der Waals surface area contributed by atoms with Gasteiger partial charge in [-0.1, -0.05) is 67.1 Å². The minimum atomic E-state index is -0.769. The van der Waals surface area contributed by atoms with Gasteiger partial charge >= 0.3 is 0 Å². The molecule has 0 aliphatic rings. The van der Waals surface area contributed by atoms with Crippen molar-refractivity contribution >= 4 is 0 Å². The van der Waals surface area contributed by atoms with Crippen LogP contribution in [0.3, 0.4) is 0 Å². The van der Waals surface area contributed by atoms with E-state index in [1.165, 1.54) is 11.1 Å². The van der Waals surface area contributed by atoms with Gasteiger partial charge in [0.1, 0.15) is 0 Å². The maximum absolute atomic E-state index is 10.8. The fourth-order valence-electron chi connectivity index (χ4n) is 2.34. The molecule has 0 saturated heterocycles. The zero-order valence-electron chi connectivity index (χ0n) is 11.1. The number of rotatable bonds is 4. The maximum atomic E-state index is 10.8. The van der Waals surface area contributed by atoms with Gasteiger partial charge in [0, 0.05) is 6.42 Å². The molecule has 0 aliphatic carbocycles. The molecule has 0 amide bonds. The summed E-state index contributed by atoms with van der Waals surface area (Å²) in [7, 11) is 0. The summed E-state index contributed by atoms with van der Waals surface area (Å²) < 4.78 is 0. The minimum absolute atomic E-state index is 0.662. The summed E-state index contributed by atoms with van der Waals surface area (Å²) in [4.78, 5) is 0. The van der Waals surface area contributed by atoms with Gasteiger partial charge in [-0.3, -0.25) is 0 Å². The predicted molar refractivity (Wildman–Crippen MR) is 75.5 cm³/mol. The molecule has 2 rings (SSSR count). The van der Waals surface area contributed by atoms with Crippen LogP contribution >= 0.6 is 0 Å². The molecule has 1 unspecified atom stereocenters. The van der Waals surface area contributed by atoms with E-state index in [-0.39, 0.29) is 0 Å². The molecule has 0 aromatic heterocycles. The van der Waals surface area contributed by atoms with Crippen LogP contribution in [0.4, 0.5) is 0 Å². The van der Waals surface area contributed by atoms with Gasteiger partial charge in [0.15, 0.2) is 0 Å². The summed E-state index contributed by atoms with van der Waals surface area (Å²) in [5, 5.41) is 10.8. The third-order valence-electron chi connectivity index (χ3n) is 3.48. The summed E-state index contributed by atoms with van der Waals surface area (Å²) in [5.74, 6) is 0. The summed E-state index contributed by atoms with van der Waals surface area (Å²) in [6.07, 6.45) is 1.38. The van der Waals surface area contributed by atoms with Gasteiger partial charge < -0.3 is 5.11 Å². The molecule has 2 aromatic carbocycles.